The zero-order valence-electron chi connectivity index (χ0n) is 31.3. The van der Waals surface area contributed by atoms with Crippen molar-refractivity contribution in [1.82, 2.24) is 14.5 Å². The van der Waals surface area contributed by atoms with Gasteiger partial charge in [-0.05, 0) is 91.8 Å². The van der Waals surface area contributed by atoms with Crippen LogP contribution in [0.5, 0.6) is 5.75 Å². The van der Waals surface area contributed by atoms with Gasteiger partial charge in [0.05, 0.1) is 17.5 Å². The number of allylic oxidation sites excluding steroid dienone is 1. The van der Waals surface area contributed by atoms with Crippen LogP contribution in [0.3, 0.4) is 0 Å². The number of sulfonamides is 1. The fourth-order valence-corrected chi connectivity index (χ4v) is 10.1. The Morgan fingerprint density at radius 1 is 1.08 bits per heavy atom. The molecule has 6 atom stereocenters. The second-order valence-electron chi connectivity index (χ2n) is 15.4. The van der Waals surface area contributed by atoms with Gasteiger partial charge >= 0.3 is 0 Å². The molecule has 0 spiro atoms. The van der Waals surface area contributed by atoms with E-state index in [1.165, 1.54) is 11.1 Å². The molecule has 2 bridgehead atoms. The van der Waals surface area contributed by atoms with Crippen LogP contribution in [0.1, 0.15) is 80.8 Å². The van der Waals surface area contributed by atoms with Crippen LogP contribution in [0.15, 0.2) is 48.6 Å². The van der Waals surface area contributed by atoms with E-state index in [9.17, 15) is 18.0 Å². The molecule has 4 aliphatic rings. The Balaban J connectivity index is 1.40. The molecule has 2 fully saturated rings. The van der Waals surface area contributed by atoms with Crippen molar-refractivity contribution in [3.8, 4) is 5.75 Å². The van der Waals surface area contributed by atoms with E-state index in [1.54, 1.807) is 39.2 Å². The van der Waals surface area contributed by atoms with Crippen LogP contribution in [0.4, 0.5) is 5.69 Å². The molecule has 1 N–H and O–H groups in total. The summed E-state index contributed by atoms with van der Waals surface area (Å²) in [5, 5.41) is -0.0893. The molecule has 6 rings (SSSR count). The van der Waals surface area contributed by atoms with Crippen molar-refractivity contribution in [1.29, 1.82) is 0 Å². The zero-order chi connectivity index (χ0) is 37.2. The second-order valence-corrected chi connectivity index (χ2v) is 17.8. The Bertz CT molecular complexity index is 1760. The number of carbonyl (C=O) groups is 2. The number of piperazine rings is 1. The Labute approximate surface area is 314 Å². The summed E-state index contributed by atoms with van der Waals surface area (Å²) in [5.41, 5.74) is 2.89. The van der Waals surface area contributed by atoms with Crippen LogP contribution in [0.2, 0.25) is 5.02 Å². The van der Waals surface area contributed by atoms with Crippen molar-refractivity contribution < 1.29 is 27.5 Å². The van der Waals surface area contributed by atoms with Crippen LogP contribution in [-0.2, 0) is 26.0 Å². The van der Waals surface area contributed by atoms with Gasteiger partial charge in [0.2, 0.25) is 15.9 Å². The number of benzene rings is 2. The maximum absolute atomic E-state index is 13.6. The number of aryl methyl sites for hydroxylation is 1. The van der Waals surface area contributed by atoms with E-state index in [-0.39, 0.29) is 35.1 Å². The monoisotopic (exact) mass is 754 g/mol. The van der Waals surface area contributed by atoms with Gasteiger partial charge in [-0.2, -0.15) is 0 Å². The average molecular weight is 755 g/mol. The lowest BCUT2D eigenvalue weighted by Gasteiger charge is -2.52. The normalized spacial score (nSPS) is 30.3. The maximum Gasteiger partial charge on any atom is 0.264 e. The van der Waals surface area contributed by atoms with Gasteiger partial charge in [-0.3, -0.25) is 14.5 Å². The first-order valence-electron chi connectivity index (χ1n) is 18.9. The van der Waals surface area contributed by atoms with E-state index in [0.717, 1.165) is 51.0 Å². The van der Waals surface area contributed by atoms with E-state index in [0.29, 0.717) is 50.0 Å². The average Bonchev–Trinajstić information content (AvgIpc) is 3.28. The van der Waals surface area contributed by atoms with Gasteiger partial charge in [-0.15, -0.1) is 0 Å². The van der Waals surface area contributed by atoms with Gasteiger partial charge in [0.25, 0.3) is 5.91 Å². The molecule has 284 valence electrons. The summed E-state index contributed by atoms with van der Waals surface area (Å²) in [5.74, 6) is 0.414. The molecular weight excluding hydrogens is 700 g/mol. The number of fused-ring (bicyclic) bond motifs is 2. The van der Waals surface area contributed by atoms with Gasteiger partial charge in [0.15, 0.2) is 0 Å². The number of rotatable bonds is 6. The molecule has 1 aliphatic carbocycles. The number of nitrogens with one attached hydrogen (secondary N) is 1. The molecular formula is C40H55ClN4O6S. The fourth-order valence-electron chi connectivity index (χ4n) is 8.58. The van der Waals surface area contributed by atoms with E-state index in [4.69, 9.17) is 21.1 Å². The molecule has 1 saturated carbocycles. The Kier molecular flexibility index (Phi) is 11.9. The fraction of sp³-hybridized carbons (Fsp3) is 0.600. The molecule has 10 nitrogen and oxygen atoms in total. The molecule has 0 radical (unpaired) electrons. The highest BCUT2D eigenvalue weighted by molar-refractivity contribution is 7.90. The Hall–Kier alpha value is -3.12. The molecule has 0 aromatic heterocycles. The van der Waals surface area contributed by atoms with E-state index >= 15 is 0 Å². The van der Waals surface area contributed by atoms with Gasteiger partial charge in [0, 0.05) is 76.4 Å². The van der Waals surface area contributed by atoms with Crippen molar-refractivity contribution in [2.45, 2.75) is 76.6 Å². The topological polar surface area (TPSA) is 108 Å². The van der Waals surface area contributed by atoms with Crippen LogP contribution in [-0.4, -0.2) is 100 Å². The molecule has 6 unspecified atom stereocenters. The number of ether oxygens (including phenoxy) is 2. The third-order valence-corrected chi connectivity index (χ3v) is 14.3. The van der Waals surface area contributed by atoms with Crippen LogP contribution < -0.4 is 14.4 Å². The largest absolute Gasteiger partial charge is 0.491 e. The van der Waals surface area contributed by atoms with E-state index in [1.807, 2.05) is 17.9 Å². The lowest BCUT2D eigenvalue weighted by molar-refractivity contribution is -0.132. The summed E-state index contributed by atoms with van der Waals surface area (Å²) in [6.07, 6.45) is 8.72. The number of nitrogens with zero attached hydrogens (tertiary/aromatic N) is 3. The molecule has 2 aromatic carbocycles. The number of halogens is 1. The molecule has 3 aliphatic heterocycles. The van der Waals surface area contributed by atoms with Crippen molar-refractivity contribution in [3.63, 3.8) is 0 Å². The standard InChI is InChI=1S/C40H55ClN4O6S/c1-6-8-30-21-34(41)12-13-35(30)33-24-45-23-32-10-14-36(32)40(50-5,26-43-17-19-44(20-18-43)29(4)46)16-7-9-27(2)28(3)52(48,49)42-39(47)31-11-15-38(51-25-33)37(45)22-31/h7,11-13,15-16,21-22,27-28,32-33,36H,6,8-10,14,17-20,23-26H2,1-5H3,(H,42,47)/b16-7+. The number of carbonyl (C=O) groups excluding carboxylic acids is 2. The third-order valence-electron chi connectivity index (χ3n) is 12.1. The summed E-state index contributed by atoms with van der Waals surface area (Å²) in [7, 11) is -2.18. The van der Waals surface area contributed by atoms with Crippen LogP contribution >= 0.6 is 11.6 Å². The highest BCUT2D eigenvalue weighted by Gasteiger charge is 2.48. The summed E-state index contributed by atoms with van der Waals surface area (Å²) >= 11 is 6.47. The predicted octanol–water partition coefficient (Wildman–Crippen LogP) is 5.89. The number of anilines is 1. The first kappa shape index (κ1) is 38.6. The minimum atomic E-state index is -3.97. The molecule has 2 aromatic rings. The van der Waals surface area contributed by atoms with Gasteiger partial charge in [-0.1, -0.05) is 50.1 Å². The lowest BCUT2D eigenvalue weighted by atomic mass is 9.63. The number of hydrogen-bond acceptors (Lipinski definition) is 8. The summed E-state index contributed by atoms with van der Waals surface area (Å²) in [6, 6.07) is 11.4. The molecule has 3 heterocycles. The van der Waals surface area contributed by atoms with Crippen molar-refractivity contribution in [2.24, 2.45) is 17.8 Å². The lowest BCUT2D eigenvalue weighted by Crippen LogP contribution is -2.59. The molecule has 1 saturated heterocycles. The van der Waals surface area contributed by atoms with Crippen molar-refractivity contribution in [2.75, 3.05) is 64.4 Å². The maximum atomic E-state index is 13.6. The SMILES string of the molecule is CCCc1cc(Cl)ccc1C1COc2ccc3cc2N(C1)CC1CCC1C(CN1CCN(C(C)=O)CC1)(OC)/C=C/CC(C)C(C)S(=O)(=O)NC3=O. The molecule has 52 heavy (non-hydrogen) atoms. The highest BCUT2D eigenvalue weighted by atomic mass is 35.5. The van der Waals surface area contributed by atoms with E-state index in [2.05, 4.69) is 45.7 Å². The summed E-state index contributed by atoms with van der Waals surface area (Å²) < 4.78 is 42.6. The Morgan fingerprint density at radius 3 is 2.52 bits per heavy atom. The quantitative estimate of drug-likeness (QED) is 0.364. The minimum absolute atomic E-state index is 0.0416. The minimum Gasteiger partial charge on any atom is -0.491 e. The smallest absolute Gasteiger partial charge is 0.264 e. The summed E-state index contributed by atoms with van der Waals surface area (Å²) in [6.45, 7) is 12.8. The van der Waals surface area contributed by atoms with E-state index < -0.39 is 26.8 Å². The van der Waals surface area contributed by atoms with Crippen molar-refractivity contribution in [3.05, 3.63) is 70.3 Å². The number of hydrogen-bond donors (Lipinski definition) is 1. The van der Waals surface area contributed by atoms with Crippen molar-refractivity contribution >= 4 is 39.1 Å². The van der Waals surface area contributed by atoms with Crippen LogP contribution in [0, 0.1) is 17.8 Å². The highest BCUT2D eigenvalue weighted by Crippen LogP contribution is 2.47. The zero-order valence-corrected chi connectivity index (χ0v) is 32.8. The summed E-state index contributed by atoms with van der Waals surface area (Å²) in [4.78, 5) is 32.3. The number of methoxy groups -OCH3 is 1. The first-order valence-corrected chi connectivity index (χ1v) is 20.8. The molecule has 12 heteroatoms. The Morgan fingerprint density at radius 2 is 1.85 bits per heavy atom. The third kappa shape index (κ3) is 8.17. The van der Waals surface area contributed by atoms with Gasteiger partial charge in [-0.25, -0.2) is 13.1 Å². The van der Waals surface area contributed by atoms with Crippen LogP contribution in [0.25, 0.3) is 0 Å². The second kappa shape index (κ2) is 16.1. The predicted molar refractivity (Wildman–Crippen MR) is 206 cm³/mol. The molecule has 2 amide bonds. The van der Waals surface area contributed by atoms with Gasteiger partial charge < -0.3 is 19.3 Å². The first-order chi connectivity index (χ1) is 24.8. The van der Waals surface area contributed by atoms with Gasteiger partial charge in [0.1, 0.15) is 11.4 Å². The number of amides is 2.